The van der Waals surface area contributed by atoms with Gasteiger partial charge in [0.15, 0.2) is 0 Å². The van der Waals surface area contributed by atoms with Crippen LogP contribution in [-0.2, 0) is 17.0 Å². The molecule has 38 heavy (non-hydrogen) atoms. The number of aryl methyl sites for hydroxylation is 1. The monoisotopic (exact) mass is 526 g/mol. The Morgan fingerprint density at radius 2 is 1.63 bits per heavy atom. The second-order valence-electron chi connectivity index (χ2n) is 9.23. The molecule has 0 radical (unpaired) electrons. The number of hydrogen-bond donors (Lipinski definition) is 0. The van der Waals surface area contributed by atoms with E-state index in [1.165, 1.54) is 32.8 Å². The number of unbranched alkanes of at least 4 members (excludes halogenated alkanes) is 1. The van der Waals surface area contributed by atoms with E-state index in [-0.39, 0.29) is 0 Å². The lowest BCUT2D eigenvalue weighted by Crippen LogP contribution is -2.07. The molecule has 0 bridgehead atoms. The lowest BCUT2D eigenvalue weighted by molar-refractivity contribution is 0.0981. The lowest BCUT2D eigenvalue weighted by Gasteiger charge is -2.08. The Morgan fingerprint density at radius 1 is 0.816 bits per heavy atom. The minimum absolute atomic E-state index is 0.577. The van der Waals surface area contributed by atoms with Gasteiger partial charge in [-0.25, -0.2) is 4.98 Å². The fraction of sp³-hybridized carbons (Fsp3) is 0.303. The quantitative estimate of drug-likeness (QED) is 0.0882. The third-order valence-electron chi connectivity index (χ3n) is 6.21. The summed E-state index contributed by atoms with van der Waals surface area (Å²) in [6, 6.07) is 25.6. The van der Waals surface area contributed by atoms with Crippen LogP contribution in [0.4, 0.5) is 0 Å². The van der Waals surface area contributed by atoms with Crippen LogP contribution in [0.25, 0.3) is 23.3 Å². The van der Waals surface area contributed by atoms with Gasteiger partial charge in [-0.2, -0.15) is 0 Å². The van der Waals surface area contributed by atoms with Gasteiger partial charge in [-0.15, -0.1) is 11.8 Å². The first-order valence-corrected chi connectivity index (χ1v) is 14.5. The van der Waals surface area contributed by atoms with Crippen LogP contribution in [0.5, 0.6) is 5.75 Å². The molecule has 1 aromatic heterocycles. The molecular formula is C33H38N2O2S. The normalized spacial score (nSPS) is 11.3. The summed E-state index contributed by atoms with van der Waals surface area (Å²) in [6.45, 7) is 7.40. The molecule has 0 aliphatic carbocycles. The highest BCUT2D eigenvalue weighted by atomic mass is 32.2. The first kappa shape index (κ1) is 27.7. The second-order valence-corrected chi connectivity index (χ2v) is 10.3. The Hall–Kier alpha value is -3.28. The first-order valence-electron chi connectivity index (χ1n) is 13.6. The number of ether oxygens (including phenoxy) is 2. The van der Waals surface area contributed by atoms with Gasteiger partial charge in [-0.05, 0) is 65.4 Å². The Bertz CT molecular complexity index is 1260. The zero-order valence-corrected chi connectivity index (χ0v) is 23.3. The van der Waals surface area contributed by atoms with Crippen LogP contribution in [0, 0.1) is 0 Å². The van der Waals surface area contributed by atoms with E-state index in [0.29, 0.717) is 13.2 Å². The Balaban J connectivity index is 1.29. The van der Waals surface area contributed by atoms with Crippen molar-refractivity contribution >= 4 is 23.9 Å². The summed E-state index contributed by atoms with van der Waals surface area (Å²) < 4.78 is 13.6. The molecule has 5 heteroatoms. The average molecular weight is 527 g/mol. The average Bonchev–Trinajstić information content (AvgIpc) is 3.41. The van der Waals surface area contributed by atoms with Crippen molar-refractivity contribution in [3.63, 3.8) is 0 Å². The molecule has 0 aliphatic heterocycles. The van der Waals surface area contributed by atoms with E-state index in [4.69, 9.17) is 9.47 Å². The third kappa shape index (κ3) is 8.64. The van der Waals surface area contributed by atoms with Gasteiger partial charge >= 0.3 is 0 Å². The van der Waals surface area contributed by atoms with Crippen molar-refractivity contribution in [2.75, 3.05) is 19.8 Å². The minimum atomic E-state index is 0.577. The molecular weight excluding hydrogens is 488 g/mol. The maximum Gasteiger partial charge on any atom is 0.119 e. The number of rotatable bonds is 15. The van der Waals surface area contributed by atoms with Crippen molar-refractivity contribution < 1.29 is 9.47 Å². The molecule has 0 aliphatic rings. The van der Waals surface area contributed by atoms with Crippen LogP contribution in [-0.4, -0.2) is 29.4 Å². The standard InChI is InChI=1S/C33H38N2O2S/c1-3-5-20-36-21-22-37-32-15-13-29(14-16-32)30-8-6-7-28(23-30)10-9-27-11-17-33(18-12-27)38-25-31-24-34-26-35(31)19-4-2/h6-18,23-24,26H,3-5,19-22,25H2,1-2H3/b10-9+. The van der Waals surface area contributed by atoms with Crippen molar-refractivity contribution in [1.29, 1.82) is 0 Å². The molecule has 0 N–H and O–H groups in total. The van der Waals surface area contributed by atoms with Crippen LogP contribution in [0.15, 0.2) is 90.2 Å². The molecule has 3 aromatic carbocycles. The van der Waals surface area contributed by atoms with Crippen LogP contribution >= 0.6 is 11.8 Å². The fourth-order valence-electron chi connectivity index (χ4n) is 4.07. The summed E-state index contributed by atoms with van der Waals surface area (Å²) >= 11 is 1.85. The van der Waals surface area contributed by atoms with Gasteiger partial charge < -0.3 is 14.0 Å². The molecule has 0 fully saturated rings. The van der Waals surface area contributed by atoms with E-state index < -0.39 is 0 Å². The maximum atomic E-state index is 5.80. The highest BCUT2D eigenvalue weighted by Crippen LogP contribution is 2.26. The zero-order chi connectivity index (χ0) is 26.4. The predicted octanol–water partition coefficient (Wildman–Crippen LogP) is 8.62. The first-order chi connectivity index (χ1) is 18.7. The summed E-state index contributed by atoms with van der Waals surface area (Å²) in [6.07, 6.45) is 11.6. The molecule has 4 nitrogen and oxygen atoms in total. The number of hydrogen-bond acceptors (Lipinski definition) is 4. The van der Waals surface area contributed by atoms with Crippen molar-refractivity contribution in [3.05, 3.63) is 102 Å². The van der Waals surface area contributed by atoms with Crippen LogP contribution in [0.2, 0.25) is 0 Å². The molecule has 0 amide bonds. The lowest BCUT2D eigenvalue weighted by atomic mass is 10.0. The van der Waals surface area contributed by atoms with Crippen molar-refractivity contribution in [2.45, 2.75) is 50.3 Å². The summed E-state index contributed by atoms with van der Waals surface area (Å²) in [7, 11) is 0. The van der Waals surface area contributed by atoms with Gasteiger partial charge in [-0.3, -0.25) is 0 Å². The van der Waals surface area contributed by atoms with Gasteiger partial charge in [-0.1, -0.05) is 74.9 Å². The molecule has 4 rings (SSSR count). The molecule has 0 spiro atoms. The Kier molecular flexibility index (Phi) is 11.1. The predicted molar refractivity (Wildman–Crippen MR) is 161 cm³/mol. The molecule has 0 saturated carbocycles. The van der Waals surface area contributed by atoms with Crippen molar-refractivity contribution in [3.8, 4) is 16.9 Å². The maximum absolute atomic E-state index is 5.80. The van der Waals surface area contributed by atoms with Crippen LogP contribution < -0.4 is 4.74 Å². The number of aromatic nitrogens is 2. The van der Waals surface area contributed by atoms with E-state index in [9.17, 15) is 0 Å². The number of thioether (sulfide) groups is 1. The fourth-order valence-corrected chi connectivity index (χ4v) is 4.95. The highest BCUT2D eigenvalue weighted by molar-refractivity contribution is 7.98. The van der Waals surface area contributed by atoms with Gasteiger partial charge in [0.25, 0.3) is 0 Å². The summed E-state index contributed by atoms with van der Waals surface area (Å²) in [5.41, 5.74) is 6.00. The molecule has 1 heterocycles. The van der Waals surface area contributed by atoms with Gasteiger partial charge in [0.05, 0.1) is 12.9 Å². The van der Waals surface area contributed by atoms with E-state index in [1.807, 2.05) is 36.4 Å². The second kappa shape index (κ2) is 15.2. The van der Waals surface area contributed by atoms with Crippen LogP contribution in [0.1, 0.15) is 49.9 Å². The van der Waals surface area contributed by atoms with Gasteiger partial charge in [0.2, 0.25) is 0 Å². The molecule has 4 aromatic rings. The van der Waals surface area contributed by atoms with Crippen molar-refractivity contribution in [1.82, 2.24) is 9.55 Å². The van der Waals surface area contributed by atoms with E-state index in [2.05, 4.69) is 96.2 Å². The molecule has 198 valence electrons. The Labute approximate surface area is 231 Å². The summed E-state index contributed by atoms with van der Waals surface area (Å²) in [5, 5.41) is 0. The summed E-state index contributed by atoms with van der Waals surface area (Å²) in [5.74, 6) is 1.81. The number of imidazole rings is 1. The minimum Gasteiger partial charge on any atom is -0.491 e. The number of nitrogens with zero attached hydrogens (tertiary/aromatic N) is 2. The SMILES string of the molecule is CCCCOCCOc1ccc(-c2cccc(/C=C/c3ccc(SCc4cncn4CCC)cc3)c2)cc1. The van der Waals surface area contributed by atoms with Crippen LogP contribution in [0.3, 0.4) is 0 Å². The number of benzene rings is 3. The van der Waals surface area contributed by atoms with Gasteiger partial charge in [0, 0.05) is 35.7 Å². The molecule has 0 atom stereocenters. The zero-order valence-electron chi connectivity index (χ0n) is 22.5. The van der Waals surface area contributed by atoms with E-state index >= 15 is 0 Å². The Morgan fingerprint density at radius 3 is 2.42 bits per heavy atom. The largest absolute Gasteiger partial charge is 0.491 e. The molecule has 0 unspecified atom stereocenters. The smallest absolute Gasteiger partial charge is 0.119 e. The van der Waals surface area contributed by atoms with Crippen molar-refractivity contribution in [2.24, 2.45) is 0 Å². The van der Waals surface area contributed by atoms with E-state index in [1.54, 1.807) is 0 Å². The van der Waals surface area contributed by atoms with Gasteiger partial charge in [0.1, 0.15) is 12.4 Å². The van der Waals surface area contributed by atoms with E-state index in [0.717, 1.165) is 43.9 Å². The highest BCUT2D eigenvalue weighted by Gasteiger charge is 2.03. The third-order valence-corrected chi connectivity index (χ3v) is 7.26. The topological polar surface area (TPSA) is 36.3 Å². The summed E-state index contributed by atoms with van der Waals surface area (Å²) in [4.78, 5) is 5.57. The molecule has 0 saturated heterocycles.